The SMILES string of the molecule is CCOC(=O)CC(C)N1CC(=O)N(c2ccccc2)c2ccc(CCC(=O)NCC(N)C(=O)OC(C)(C)C)cc2C1=O. The summed E-state index contributed by atoms with van der Waals surface area (Å²) in [6.45, 7) is 8.53. The van der Waals surface area contributed by atoms with Crippen LogP contribution in [0.5, 0.6) is 0 Å². The highest BCUT2D eigenvalue weighted by Gasteiger charge is 2.35. The molecule has 3 amide bonds. The Morgan fingerprint density at radius 3 is 2.40 bits per heavy atom. The van der Waals surface area contributed by atoms with Gasteiger partial charge in [0.25, 0.3) is 11.8 Å². The molecular formula is C31H40N4O7. The summed E-state index contributed by atoms with van der Waals surface area (Å²) < 4.78 is 10.3. The Hall–Kier alpha value is -4.25. The van der Waals surface area contributed by atoms with Crippen LogP contribution in [0.3, 0.4) is 0 Å². The van der Waals surface area contributed by atoms with Crippen LogP contribution in [0.15, 0.2) is 48.5 Å². The molecule has 2 atom stereocenters. The minimum absolute atomic E-state index is 0.0567. The zero-order valence-corrected chi connectivity index (χ0v) is 24.8. The molecule has 0 fully saturated rings. The van der Waals surface area contributed by atoms with Crippen molar-refractivity contribution in [3.63, 3.8) is 0 Å². The lowest BCUT2D eigenvalue weighted by Gasteiger charge is -2.27. The number of aryl methyl sites for hydroxylation is 1. The Balaban J connectivity index is 1.80. The van der Waals surface area contributed by atoms with Gasteiger partial charge in [-0.05, 0) is 70.9 Å². The van der Waals surface area contributed by atoms with Crippen LogP contribution in [0.2, 0.25) is 0 Å². The third kappa shape index (κ3) is 8.62. The van der Waals surface area contributed by atoms with Gasteiger partial charge < -0.3 is 25.4 Å². The molecule has 3 N–H and O–H groups in total. The van der Waals surface area contributed by atoms with E-state index in [1.165, 1.54) is 9.80 Å². The van der Waals surface area contributed by atoms with Gasteiger partial charge in [-0.1, -0.05) is 24.3 Å². The highest BCUT2D eigenvalue weighted by Crippen LogP contribution is 2.34. The summed E-state index contributed by atoms with van der Waals surface area (Å²) in [4.78, 5) is 67.0. The lowest BCUT2D eigenvalue weighted by molar-refractivity contribution is -0.156. The molecule has 1 aliphatic heterocycles. The normalized spacial score (nSPS) is 14.9. The minimum Gasteiger partial charge on any atom is -0.466 e. The molecule has 0 saturated heterocycles. The lowest BCUT2D eigenvalue weighted by atomic mass is 10.0. The zero-order valence-electron chi connectivity index (χ0n) is 24.8. The number of hydrogen-bond donors (Lipinski definition) is 2. The van der Waals surface area contributed by atoms with Gasteiger partial charge in [0.15, 0.2) is 0 Å². The number of nitrogens with two attached hydrogens (primary N) is 1. The maximum atomic E-state index is 13.8. The first kappa shape index (κ1) is 32.3. The first-order valence-electron chi connectivity index (χ1n) is 14.0. The quantitative estimate of drug-likeness (QED) is 0.386. The van der Waals surface area contributed by atoms with Crippen LogP contribution < -0.4 is 16.0 Å². The third-order valence-corrected chi connectivity index (χ3v) is 6.53. The second-order valence-corrected chi connectivity index (χ2v) is 11.2. The number of hydrogen-bond acceptors (Lipinski definition) is 8. The number of rotatable bonds is 11. The first-order valence-corrected chi connectivity index (χ1v) is 14.0. The monoisotopic (exact) mass is 580 g/mol. The van der Waals surface area contributed by atoms with Gasteiger partial charge in [-0.3, -0.25) is 28.9 Å². The van der Waals surface area contributed by atoms with Crippen molar-refractivity contribution in [2.24, 2.45) is 5.73 Å². The molecule has 11 heteroatoms. The Morgan fingerprint density at radius 2 is 1.76 bits per heavy atom. The minimum atomic E-state index is -0.998. The predicted octanol–water partition coefficient (Wildman–Crippen LogP) is 2.87. The van der Waals surface area contributed by atoms with E-state index >= 15 is 0 Å². The van der Waals surface area contributed by atoms with Crippen LogP contribution in [0.4, 0.5) is 11.4 Å². The largest absolute Gasteiger partial charge is 0.466 e. The predicted molar refractivity (Wildman–Crippen MR) is 157 cm³/mol. The number of carbonyl (C=O) groups excluding carboxylic acids is 5. The molecule has 1 aliphatic rings. The summed E-state index contributed by atoms with van der Waals surface area (Å²) in [5.41, 5.74) is 7.17. The van der Waals surface area contributed by atoms with Crippen molar-refractivity contribution >= 4 is 41.0 Å². The van der Waals surface area contributed by atoms with Crippen molar-refractivity contribution in [2.45, 2.75) is 71.6 Å². The number of benzene rings is 2. The number of carbonyl (C=O) groups is 5. The standard InChI is InChI=1S/C31H40N4O7/c1-6-41-28(38)16-20(2)34-19-27(37)35(22-10-8-7-9-11-22)25-14-12-21(17-23(25)29(34)39)13-15-26(36)33-18-24(32)30(40)42-31(3,4)5/h7-12,14,17,20,24H,6,13,15-16,18-19,32H2,1-5H3,(H,33,36). The fourth-order valence-corrected chi connectivity index (χ4v) is 4.50. The average molecular weight is 581 g/mol. The van der Waals surface area contributed by atoms with Gasteiger partial charge in [0.2, 0.25) is 5.91 Å². The number of anilines is 2. The lowest BCUT2D eigenvalue weighted by Crippen LogP contribution is -2.45. The molecule has 226 valence electrons. The van der Waals surface area contributed by atoms with Crippen molar-refractivity contribution in [1.82, 2.24) is 10.2 Å². The number of nitrogens with one attached hydrogen (secondary N) is 1. The molecule has 0 radical (unpaired) electrons. The molecular weight excluding hydrogens is 540 g/mol. The summed E-state index contributed by atoms with van der Waals surface area (Å²) in [7, 11) is 0. The van der Waals surface area contributed by atoms with Crippen molar-refractivity contribution < 1.29 is 33.4 Å². The molecule has 2 aromatic carbocycles. The summed E-state index contributed by atoms with van der Waals surface area (Å²) in [6.07, 6.45) is 0.322. The van der Waals surface area contributed by atoms with Crippen LogP contribution in [-0.2, 0) is 35.1 Å². The van der Waals surface area contributed by atoms with E-state index in [0.717, 1.165) is 0 Å². The summed E-state index contributed by atoms with van der Waals surface area (Å²) in [5, 5.41) is 2.65. The van der Waals surface area contributed by atoms with Gasteiger partial charge in [-0.25, -0.2) is 0 Å². The molecule has 0 aromatic heterocycles. The van der Waals surface area contributed by atoms with E-state index in [1.54, 1.807) is 77.1 Å². The number of nitrogens with zero attached hydrogens (tertiary/aromatic N) is 2. The van der Waals surface area contributed by atoms with Crippen LogP contribution in [0, 0.1) is 0 Å². The van der Waals surface area contributed by atoms with E-state index in [-0.39, 0.29) is 49.9 Å². The van der Waals surface area contributed by atoms with E-state index in [9.17, 15) is 24.0 Å². The second kappa shape index (κ2) is 14.1. The molecule has 42 heavy (non-hydrogen) atoms. The molecule has 0 bridgehead atoms. The second-order valence-electron chi connectivity index (χ2n) is 11.2. The molecule has 3 rings (SSSR count). The molecule has 2 aromatic rings. The van der Waals surface area contributed by atoms with Crippen LogP contribution in [0.1, 0.15) is 63.4 Å². The maximum absolute atomic E-state index is 13.8. The maximum Gasteiger partial charge on any atom is 0.325 e. The summed E-state index contributed by atoms with van der Waals surface area (Å²) in [6, 6.07) is 12.6. The summed E-state index contributed by atoms with van der Waals surface area (Å²) >= 11 is 0. The average Bonchev–Trinajstić information content (AvgIpc) is 3.03. The van der Waals surface area contributed by atoms with Gasteiger partial charge in [0, 0.05) is 24.7 Å². The molecule has 2 unspecified atom stereocenters. The Morgan fingerprint density at radius 1 is 1.07 bits per heavy atom. The van der Waals surface area contributed by atoms with Gasteiger partial charge >= 0.3 is 11.9 Å². The van der Waals surface area contributed by atoms with Crippen molar-refractivity contribution in [2.75, 3.05) is 24.6 Å². The molecule has 1 heterocycles. The first-order chi connectivity index (χ1) is 19.8. The number of esters is 2. The number of ether oxygens (including phenoxy) is 2. The van der Waals surface area contributed by atoms with Crippen LogP contribution in [0.25, 0.3) is 0 Å². The van der Waals surface area contributed by atoms with E-state index in [0.29, 0.717) is 23.4 Å². The van der Waals surface area contributed by atoms with E-state index in [1.807, 2.05) is 6.07 Å². The van der Waals surface area contributed by atoms with E-state index in [2.05, 4.69) is 5.32 Å². The van der Waals surface area contributed by atoms with Crippen LogP contribution in [-0.4, -0.2) is 71.9 Å². The fourth-order valence-electron chi connectivity index (χ4n) is 4.50. The highest BCUT2D eigenvalue weighted by molar-refractivity contribution is 6.13. The van der Waals surface area contributed by atoms with E-state index in [4.69, 9.17) is 15.2 Å². The van der Waals surface area contributed by atoms with E-state index < -0.39 is 35.5 Å². The Kier molecular flexibility index (Phi) is 10.8. The molecule has 11 nitrogen and oxygen atoms in total. The number of para-hydroxylation sites is 1. The smallest absolute Gasteiger partial charge is 0.325 e. The van der Waals surface area contributed by atoms with Gasteiger partial charge in [-0.15, -0.1) is 0 Å². The van der Waals surface area contributed by atoms with Gasteiger partial charge in [-0.2, -0.15) is 0 Å². The highest BCUT2D eigenvalue weighted by atomic mass is 16.6. The Labute approximate surface area is 246 Å². The van der Waals surface area contributed by atoms with Gasteiger partial charge in [0.05, 0.1) is 24.3 Å². The summed E-state index contributed by atoms with van der Waals surface area (Å²) in [5.74, 6) is -2.10. The molecule has 0 saturated carbocycles. The van der Waals surface area contributed by atoms with Crippen molar-refractivity contribution in [3.8, 4) is 0 Å². The van der Waals surface area contributed by atoms with Gasteiger partial charge in [0.1, 0.15) is 18.2 Å². The molecule has 0 aliphatic carbocycles. The Bertz CT molecular complexity index is 1310. The number of amides is 3. The topological polar surface area (TPSA) is 148 Å². The van der Waals surface area contributed by atoms with Crippen molar-refractivity contribution in [1.29, 1.82) is 0 Å². The zero-order chi connectivity index (χ0) is 31.0. The van der Waals surface area contributed by atoms with Crippen molar-refractivity contribution in [3.05, 3.63) is 59.7 Å². The third-order valence-electron chi connectivity index (χ3n) is 6.53. The number of fused-ring (bicyclic) bond motifs is 1. The molecule has 0 spiro atoms. The fraction of sp³-hybridized carbons (Fsp3) is 0.452. The van der Waals surface area contributed by atoms with Crippen LogP contribution >= 0.6 is 0 Å².